The van der Waals surface area contributed by atoms with Crippen LogP contribution in [0.1, 0.15) is 56.7 Å². The second-order valence-corrected chi connectivity index (χ2v) is 10.5. The van der Waals surface area contributed by atoms with Gasteiger partial charge in [-0.15, -0.1) is 6.58 Å². The number of hydrogen-bond acceptors (Lipinski definition) is 10. The number of fused-ring (bicyclic) bond motifs is 1. The quantitative estimate of drug-likeness (QED) is 0.0549. The Balaban J connectivity index is 0.000000337. The number of amides is 1. The topological polar surface area (TPSA) is 199 Å². The van der Waals surface area contributed by atoms with Crippen LogP contribution in [0.4, 0.5) is 5.82 Å². The van der Waals surface area contributed by atoms with Gasteiger partial charge in [0.25, 0.3) is 16.0 Å². The first-order chi connectivity index (χ1) is 20.2. The van der Waals surface area contributed by atoms with Crippen LogP contribution in [-0.4, -0.2) is 49.0 Å². The number of anilines is 1. The summed E-state index contributed by atoms with van der Waals surface area (Å²) in [5, 5.41) is 6.82. The average molecular weight is 595 g/mol. The standard InChI is InChI=1S/C22H28N6O2.C7H6O4S/c1-2-5-18-16-6-3-7-19(27-23)17(16)9-10-20(18)30-13-4-12-25-22(29)15-8-11-21(28-24)26-14-15;8-5-6-3-1-2-4-7(6)12(9,10)11/h2,8-11,14H,1,3-7,12-13,23-24H2,(H,25,29)(H,26,28);1-5H,(H,9,10,11). The summed E-state index contributed by atoms with van der Waals surface area (Å²) in [6, 6.07) is 12.8. The van der Waals surface area contributed by atoms with Gasteiger partial charge >= 0.3 is 0 Å². The number of aromatic nitrogens is 1. The number of nitrogen functional groups attached to an aromatic ring is 1. The number of hydrazine groups is 1. The summed E-state index contributed by atoms with van der Waals surface area (Å²) >= 11 is 0. The second kappa shape index (κ2) is 15.4. The third-order valence-corrected chi connectivity index (χ3v) is 7.33. The molecular formula is C29H34N6O6S. The van der Waals surface area contributed by atoms with Crippen LogP contribution in [0, 0.1) is 0 Å². The lowest BCUT2D eigenvalue weighted by atomic mass is 9.85. The number of carbonyl (C=O) groups excluding carboxylic acids is 2. The van der Waals surface area contributed by atoms with Crippen molar-refractivity contribution >= 4 is 33.8 Å². The first kappa shape index (κ1) is 31.9. The van der Waals surface area contributed by atoms with Gasteiger partial charge in [-0.3, -0.25) is 14.1 Å². The molecule has 42 heavy (non-hydrogen) atoms. The smallest absolute Gasteiger partial charge is 0.295 e. The summed E-state index contributed by atoms with van der Waals surface area (Å²) in [5.41, 5.74) is 7.32. The average Bonchev–Trinajstić information content (AvgIpc) is 3.01. The minimum atomic E-state index is -4.28. The highest BCUT2D eigenvalue weighted by Gasteiger charge is 2.21. The molecule has 0 atom stereocenters. The highest BCUT2D eigenvalue weighted by atomic mass is 32.2. The largest absolute Gasteiger partial charge is 0.493 e. The fourth-order valence-electron chi connectivity index (χ4n) is 4.42. The maximum atomic E-state index is 12.2. The molecule has 0 spiro atoms. The van der Waals surface area contributed by atoms with Crippen LogP contribution in [0.5, 0.6) is 5.75 Å². The number of pyridine rings is 1. The Morgan fingerprint density at radius 1 is 1.17 bits per heavy atom. The minimum absolute atomic E-state index is 0.0417. The third-order valence-electron chi connectivity index (χ3n) is 6.41. The van der Waals surface area contributed by atoms with E-state index in [1.807, 2.05) is 18.2 Å². The Morgan fingerprint density at radius 2 is 1.95 bits per heavy atom. The van der Waals surface area contributed by atoms with Crippen molar-refractivity contribution in [3.8, 4) is 5.75 Å². The summed E-state index contributed by atoms with van der Waals surface area (Å²) < 4.78 is 35.9. The molecule has 12 nitrogen and oxygen atoms in total. The highest BCUT2D eigenvalue weighted by molar-refractivity contribution is 7.86. The normalized spacial score (nSPS) is 13.2. The minimum Gasteiger partial charge on any atom is -0.493 e. The van der Waals surface area contributed by atoms with Crippen LogP contribution in [0.2, 0.25) is 0 Å². The van der Waals surface area contributed by atoms with Crippen molar-refractivity contribution in [3.63, 3.8) is 0 Å². The van der Waals surface area contributed by atoms with Gasteiger partial charge < -0.3 is 21.3 Å². The summed E-state index contributed by atoms with van der Waals surface area (Å²) in [6.45, 7) is 4.88. The van der Waals surface area contributed by atoms with Gasteiger partial charge in [0.15, 0.2) is 6.29 Å². The molecule has 1 aliphatic carbocycles. The molecule has 1 aromatic heterocycles. The number of allylic oxidation sites excluding steroid dienone is 1. The number of aldehydes is 1. The Hall–Kier alpha value is -4.59. The molecule has 1 aliphatic rings. The fourth-order valence-corrected chi connectivity index (χ4v) is 5.08. The number of nitrogens with one attached hydrogen (secondary N) is 2. The van der Waals surface area contributed by atoms with Crippen LogP contribution in [0.25, 0.3) is 0 Å². The molecule has 0 radical (unpaired) electrons. The van der Waals surface area contributed by atoms with E-state index in [2.05, 4.69) is 27.4 Å². The van der Waals surface area contributed by atoms with Crippen LogP contribution in [-0.2, 0) is 23.0 Å². The van der Waals surface area contributed by atoms with Gasteiger partial charge in [0.05, 0.1) is 17.9 Å². The molecule has 0 aliphatic heterocycles. The first-order valence-corrected chi connectivity index (χ1v) is 14.6. The van der Waals surface area contributed by atoms with Gasteiger partial charge in [0, 0.05) is 29.4 Å². The van der Waals surface area contributed by atoms with E-state index in [-0.39, 0.29) is 16.4 Å². The van der Waals surface area contributed by atoms with Crippen LogP contribution < -0.4 is 27.2 Å². The van der Waals surface area contributed by atoms with E-state index in [9.17, 15) is 18.0 Å². The Morgan fingerprint density at radius 3 is 2.57 bits per heavy atom. The summed E-state index contributed by atoms with van der Waals surface area (Å²) in [5.74, 6) is 12.0. The monoisotopic (exact) mass is 594 g/mol. The van der Waals surface area contributed by atoms with E-state index in [0.717, 1.165) is 48.3 Å². The lowest BCUT2D eigenvalue weighted by molar-refractivity contribution is 0.0951. The SMILES string of the molecule is C=CCc1c(OCCCNC(=O)c2ccc(NN)nc2)ccc2c1CCCC2=NN.O=Cc1ccccc1S(=O)(=O)O. The van der Waals surface area contributed by atoms with Crippen molar-refractivity contribution in [2.75, 3.05) is 18.6 Å². The molecule has 0 fully saturated rings. The van der Waals surface area contributed by atoms with Crippen LogP contribution >= 0.6 is 0 Å². The van der Waals surface area contributed by atoms with Gasteiger partial charge in [-0.1, -0.05) is 24.3 Å². The van der Waals surface area contributed by atoms with Gasteiger partial charge in [0.2, 0.25) is 0 Å². The van der Waals surface area contributed by atoms with Gasteiger partial charge in [-0.05, 0) is 68.0 Å². The fraction of sp³-hybridized carbons (Fsp3) is 0.241. The summed E-state index contributed by atoms with van der Waals surface area (Å²) in [6.07, 6.45) is 8.07. The number of nitrogens with zero attached hydrogens (tertiary/aromatic N) is 2. The van der Waals surface area contributed by atoms with Crippen LogP contribution in [0.15, 0.2) is 77.4 Å². The van der Waals surface area contributed by atoms with E-state index in [4.69, 9.17) is 21.0 Å². The number of nitrogens with two attached hydrogens (primary N) is 2. The van der Waals surface area contributed by atoms with Crippen molar-refractivity contribution in [2.24, 2.45) is 16.8 Å². The number of ether oxygens (including phenoxy) is 1. The molecule has 7 N–H and O–H groups in total. The maximum absolute atomic E-state index is 12.2. The van der Waals surface area contributed by atoms with E-state index in [1.54, 1.807) is 12.1 Å². The molecular weight excluding hydrogens is 560 g/mol. The number of rotatable bonds is 11. The van der Waals surface area contributed by atoms with E-state index >= 15 is 0 Å². The molecule has 0 saturated heterocycles. The number of carbonyl (C=O) groups is 2. The maximum Gasteiger partial charge on any atom is 0.295 e. The molecule has 1 heterocycles. The summed E-state index contributed by atoms with van der Waals surface area (Å²) in [7, 11) is -4.28. The van der Waals surface area contributed by atoms with Gasteiger partial charge in [0.1, 0.15) is 16.5 Å². The zero-order chi connectivity index (χ0) is 30.5. The predicted molar refractivity (Wildman–Crippen MR) is 160 cm³/mol. The summed E-state index contributed by atoms with van der Waals surface area (Å²) in [4.78, 5) is 26.1. The molecule has 2 aromatic carbocycles. The molecule has 4 rings (SSSR count). The van der Waals surface area contributed by atoms with Crippen molar-refractivity contribution in [2.45, 2.75) is 37.0 Å². The van der Waals surface area contributed by atoms with Crippen molar-refractivity contribution < 1.29 is 27.3 Å². The zero-order valence-corrected chi connectivity index (χ0v) is 23.8. The molecule has 13 heteroatoms. The van der Waals surface area contributed by atoms with Crippen LogP contribution in [0.3, 0.4) is 0 Å². The molecule has 1 amide bonds. The second-order valence-electron chi connectivity index (χ2n) is 9.16. The highest BCUT2D eigenvalue weighted by Crippen LogP contribution is 2.32. The van der Waals surface area contributed by atoms with E-state index < -0.39 is 10.1 Å². The number of hydrogen-bond donors (Lipinski definition) is 5. The molecule has 0 bridgehead atoms. The molecule has 3 aromatic rings. The Labute approximate surface area is 244 Å². The first-order valence-electron chi connectivity index (χ1n) is 13.1. The van der Waals surface area contributed by atoms with Crippen molar-refractivity contribution in [1.82, 2.24) is 10.3 Å². The third kappa shape index (κ3) is 8.46. The molecule has 0 unspecified atom stereocenters. The number of hydrazone groups is 1. The molecule has 222 valence electrons. The molecule has 0 saturated carbocycles. The lowest BCUT2D eigenvalue weighted by Crippen LogP contribution is -2.26. The lowest BCUT2D eigenvalue weighted by Gasteiger charge is -2.23. The number of benzene rings is 2. The Kier molecular flexibility index (Phi) is 11.7. The zero-order valence-electron chi connectivity index (χ0n) is 23.0. The van der Waals surface area contributed by atoms with Crippen molar-refractivity contribution in [1.29, 1.82) is 0 Å². The van der Waals surface area contributed by atoms with Crippen molar-refractivity contribution in [3.05, 3.63) is 95.2 Å². The van der Waals surface area contributed by atoms with Gasteiger partial charge in [-0.2, -0.15) is 13.5 Å². The van der Waals surface area contributed by atoms with E-state index in [0.29, 0.717) is 37.2 Å². The predicted octanol–water partition coefficient (Wildman–Crippen LogP) is 3.04. The van der Waals surface area contributed by atoms with E-state index in [1.165, 1.54) is 36.0 Å². The Bertz CT molecular complexity index is 1540. The van der Waals surface area contributed by atoms with Gasteiger partial charge in [-0.25, -0.2) is 10.8 Å².